The number of primary amides is 1. The molecule has 0 aromatic heterocycles. The van der Waals surface area contributed by atoms with Crippen molar-refractivity contribution in [1.29, 1.82) is 0 Å². The van der Waals surface area contributed by atoms with E-state index in [1.165, 1.54) is 0 Å². The Morgan fingerprint density at radius 2 is 2.07 bits per heavy atom. The number of amides is 1. The van der Waals surface area contributed by atoms with Gasteiger partial charge < -0.3 is 15.8 Å². The second-order valence-electron chi connectivity index (χ2n) is 2.84. The number of nitrogens with one attached hydrogen (secondary N) is 1. The van der Waals surface area contributed by atoms with Crippen LogP contribution in [0.25, 0.3) is 0 Å². The van der Waals surface area contributed by atoms with Crippen molar-refractivity contribution in [3.63, 3.8) is 0 Å². The number of carbonyl (C=O) groups excluding carboxylic acids is 1. The lowest BCUT2D eigenvalue weighted by molar-refractivity contribution is -0.118. The van der Waals surface area contributed by atoms with E-state index in [0.29, 0.717) is 6.61 Å². The molecule has 76 valence electrons. The zero-order chi connectivity index (χ0) is 10.4. The fourth-order valence-electron chi connectivity index (χ4n) is 0.987. The molecule has 0 aliphatic rings. The quantitative estimate of drug-likeness (QED) is 0.734. The van der Waals surface area contributed by atoms with Crippen LogP contribution in [0.4, 0.5) is 5.69 Å². The molecule has 0 heterocycles. The summed E-state index contributed by atoms with van der Waals surface area (Å²) in [5.41, 5.74) is 5.99. The van der Waals surface area contributed by atoms with E-state index in [-0.39, 0.29) is 12.3 Å². The average molecular weight is 194 g/mol. The van der Waals surface area contributed by atoms with Crippen LogP contribution < -0.4 is 15.8 Å². The highest BCUT2D eigenvalue weighted by atomic mass is 16.5. The van der Waals surface area contributed by atoms with Crippen LogP contribution in [0.5, 0.6) is 5.75 Å². The molecule has 4 heteroatoms. The van der Waals surface area contributed by atoms with Crippen molar-refractivity contribution in [2.45, 2.75) is 6.42 Å². The molecule has 0 bridgehead atoms. The molecule has 0 atom stereocenters. The fraction of sp³-hybridized carbons (Fsp3) is 0.300. The minimum Gasteiger partial charge on any atom is -0.493 e. The lowest BCUT2D eigenvalue weighted by Crippen LogP contribution is -2.14. The number of hydrogen-bond acceptors (Lipinski definition) is 3. The Kier molecular flexibility index (Phi) is 3.79. The van der Waals surface area contributed by atoms with Crippen LogP contribution in [0.15, 0.2) is 24.3 Å². The topological polar surface area (TPSA) is 64.3 Å². The number of carbonyl (C=O) groups is 1. The minimum atomic E-state index is -0.350. The lowest BCUT2D eigenvalue weighted by atomic mass is 10.3. The normalized spacial score (nSPS) is 9.50. The summed E-state index contributed by atoms with van der Waals surface area (Å²) in [6.45, 7) is 0.328. The molecular weight excluding hydrogens is 180 g/mol. The average Bonchev–Trinajstić information content (AvgIpc) is 2.18. The number of hydrogen-bond donors (Lipinski definition) is 2. The molecule has 0 saturated carbocycles. The highest BCUT2D eigenvalue weighted by Crippen LogP contribution is 2.14. The van der Waals surface area contributed by atoms with Crippen LogP contribution in [0.3, 0.4) is 0 Å². The first-order valence-corrected chi connectivity index (χ1v) is 4.41. The highest BCUT2D eigenvalue weighted by molar-refractivity contribution is 5.73. The highest BCUT2D eigenvalue weighted by Gasteiger charge is 1.96. The molecule has 0 unspecified atom stereocenters. The molecule has 0 fully saturated rings. The molecule has 1 rings (SSSR count). The van der Waals surface area contributed by atoms with Crippen molar-refractivity contribution in [2.75, 3.05) is 19.0 Å². The van der Waals surface area contributed by atoms with E-state index in [4.69, 9.17) is 10.5 Å². The Balaban J connectivity index is 2.40. The largest absolute Gasteiger partial charge is 0.493 e. The van der Waals surface area contributed by atoms with Crippen LogP contribution in [-0.2, 0) is 4.79 Å². The summed E-state index contributed by atoms with van der Waals surface area (Å²) < 4.78 is 5.29. The molecule has 0 aliphatic heterocycles. The molecule has 1 aromatic carbocycles. The van der Waals surface area contributed by atoms with Crippen molar-refractivity contribution in [2.24, 2.45) is 5.73 Å². The molecule has 4 nitrogen and oxygen atoms in total. The third-order valence-corrected chi connectivity index (χ3v) is 1.76. The molecular formula is C10H14N2O2. The third-order valence-electron chi connectivity index (χ3n) is 1.76. The van der Waals surface area contributed by atoms with E-state index < -0.39 is 0 Å². The Morgan fingerprint density at radius 3 is 2.57 bits per heavy atom. The summed E-state index contributed by atoms with van der Waals surface area (Å²) >= 11 is 0. The van der Waals surface area contributed by atoms with Crippen LogP contribution >= 0.6 is 0 Å². The predicted molar refractivity (Wildman–Crippen MR) is 55.3 cm³/mol. The molecule has 1 aromatic rings. The molecule has 0 radical (unpaired) electrons. The van der Waals surface area contributed by atoms with Gasteiger partial charge in [0, 0.05) is 12.7 Å². The Hall–Kier alpha value is -1.71. The summed E-state index contributed by atoms with van der Waals surface area (Å²) in [5.74, 6) is 0.391. The van der Waals surface area contributed by atoms with Crippen LogP contribution in [0.2, 0.25) is 0 Å². The van der Waals surface area contributed by atoms with Crippen molar-refractivity contribution in [3.05, 3.63) is 24.3 Å². The smallest absolute Gasteiger partial charge is 0.220 e. The van der Waals surface area contributed by atoms with Gasteiger partial charge in [0.15, 0.2) is 0 Å². The van der Waals surface area contributed by atoms with E-state index in [9.17, 15) is 4.79 Å². The summed E-state index contributed by atoms with van der Waals surface area (Å²) in [7, 11) is 1.85. The second-order valence-corrected chi connectivity index (χ2v) is 2.84. The maximum atomic E-state index is 10.4. The lowest BCUT2D eigenvalue weighted by Gasteiger charge is -2.05. The summed E-state index contributed by atoms with van der Waals surface area (Å²) in [6.07, 6.45) is 0.244. The summed E-state index contributed by atoms with van der Waals surface area (Å²) in [6, 6.07) is 7.48. The number of nitrogens with two attached hydrogens (primary N) is 1. The zero-order valence-corrected chi connectivity index (χ0v) is 8.12. The number of anilines is 1. The maximum Gasteiger partial charge on any atom is 0.220 e. The number of rotatable bonds is 5. The zero-order valence-electron chi connectivity index (χ0n) is 8.12. The molecule has 1 amide bonds. The maximum absolute atomic E-state index is 10.4. The fourth-order valence-corrected chi connectivity index (χ4v) is 0.987. The van der Waals surface area contributed by atoms with Crippen LogP contribution in [-0.4, -0.2) is 19.6 Å². The van der Waals surface area contributed by atoms with Gasteiger partial charge in [-0.1, -0.05) is 0 Å². The van der Waals surface area contributed by atoms with E-state index in [1.54, 1.807) is 0 Å². The molecule has 14 heavy (non-hydrogen) atoms. The van der Waals surface area contributed by atoms with E-state index >= 15 is 0 Å². The number of benzene rings is 1. The third kappa shape index (κ3) is 3.35. The predicted octanol–water partition coefficient (Wildman–Crippen LogP) is 0.982. The first-order chi connectivity index (χ1) is 6.72. The summed E-state index contributed by atoms with van der Waals surface area (Å²) in [4.78, 5) is 10.4. The van der Waals surface area contributed by atoms with Gasteiger partial charge in [-0.15, -0.1) is 0 Å². The first-order valence-electron chi connectivity index (χ1n) is 4.41. The van der Waals surface area contributed by atoms with Crippen molar-refractivity contribution in [3.8, 4) is 5.75 Å². The number of ether oxygens (including phenoxy) is 1. The van der Waals surface area contributed by atoms with Crippen LogP contribution in [0.1, 0.15) is 6.42 Å². The SMILES string of the molecule is CNc1ccc(OCCC(N)=O)cc1. The molecule has 0 saturated heterocycles. The Bertz CT molecular complexity index is 295. The summed E-state index contributed by atoms with van der Waals surface area (Å²) in [5, 5.41) is 3.00. The van der Waals surface area contributed by atoms with E-state index in [0.717, 1.165) is 11.4 Å². The van der Waals surface area contributed by atoms with Gasteiger partial charge in [-0.3, -0.25) is 4.79 Å². The van der Waals surface area contributed by atoms with Gasteiger partial charge >= 0.3 is 0 Å². The van der Waals surface area contributed by atoms with Gasteiger partial charge in [0.1, 0.15) is 5.75 Å². The monoisotopic (exact) mass is 194 g/mol. The second kappa shape index (κ2) is 5.11. The van der Waals surface area contributed by atoms with Crippen molar-refractivity contribution >= 4 is 11.6 Å². The van der Waals surface area contributed by atoms with Gasteiger partial charge in [-0.05, 0) is 24.3 Å². The molecule has 0 aliphatic carbocycles. The van der Waals surface area contributed by atoms with Gasteiger partial charge in [0.05, 0.1) is 13.0 Å². The van der Waals surface area contributed by atoms with Gasteiger partial charge in [-0.2, -0.15) is 0 Å². The van der Waals surface area contributed by atoms with E-state index in [1.807, 2.05) is 31.3 Å². The van der Waals surface area contributed by atoms with Crippen molar-refractivity contribution in [1.82, 2.24) is 0 Å². The van der Waals surface area contributed by atoms with Gasteiger partial charge in [0.2, 0.25) is 5.91 Å². The van der Waals surface area contributed by atoms with Gasteiger partial charge in [-0.25, -0.2) is 0 Å². The Morgan fingerprint density at radius 1 is 1.43 bits per heavy atom. The molecule has 3 N–H and O–H groups in total. The molecule has 0 spiro atoms. The van der Waals surface area contributed by atoms with Gasteiger partial charge in [0.25, 0.3) is 0 Å². The van der Waals surface area contributed by atoms with E-state index in [2.05, 4.69) is 5.32 Å². The standard InChI is InChI=1S/C10H14N2O2/c1-12-8-2-4-9(5-3-8)14-7-6-10(11)13/h2-5,12H,6-7H2,1H3,(H2,11,13). The van der Waals surface area contributed by atoms with Crippen molar-refractivity contribution < 1.29 is 9.53 Å². The first kappa shape index (κ1) is 10.4. The Labute approximate surface area is 83.1 Å². The minimum absolute atomic E-state index is 0.244. The van der Waals surface area contributed by atoms with Crippen LogP contribution in [0, 0.1) is 0 Å².